The molecule has 2 saturated carbocycles. The second-order valence-electron chi connectivity index (χ2n) is 8.14. The third-order valence-electron chi connectivity index (χ3n) is 6.91. The predicted molar refractivity (Wildman–Crippen MR) is 93.3 cm³/mol. The molecule has 1 aromatic rings. The number of ketones is 1. The van der Waals surface area contributed by atoms with Crippen LogP contribution in [-0.2, 0) is 27.2 Å². The van der Waals surface area contributed by atoms with Crippen molar-refractivity contribution in [2.45, 2.75) is 51.0 Å². The molecule has 25 heavy (non-hydrogen) atoms. The quantitative estimate of drug-likeness (QED) is 0.917. The number of carboxylic acid groups (broad SMARTS) is 1. The SMILES string of the molecule is CO[C@H]1C[C@]2(C)C(=O)[CH]C[C@H]2[C@@H]2CCc3cc(CC(=O)O)ccc3[C@H]21. The van der Waals surface area contributed by atoms with Crippen molar-refractivity contribution in [3.63, 3.8) is 0 Å². The van der Waals surface area contributed by atoms with Crippen LogP contribution in [0.5, 0.6) is 0 Å². The van der Waals surface area contributed by atoms with E-state index in [1.807, 2.05) is 12.5 Å². The van der Waals surface area contributed by atoms with Gasteiger partial charge in [0, 0.05) is 24.9 Å². The van der Waals surface area contributed by atoms with Crippen molar-refractivity contribution >= 4 is 11.8 Å². The topological polar surface area (TPSA) is 63.6 Å². The van der Waals surface area contributed by atoms with Gasteiger partial charge in [-0.25, -0.2) is 0 Å². The molecule has 0 aromatic heterocycles. The number of carbonyl (C=O) groups is 2. The maximum atomic E-state index is 12.5. The molecule has 3 aliphatic carbocycles. The first-order valence-electron chi connectivity index (χ1n) is 9.18. The van der Waals surface area contributed by atoms with Crippen LogP contribution in [-0.4, -0.2) is 30.1 Å². The summed E-state index contributed by atoms with van der Waals surface area (Å²) >= 11 is 0. The molecular weight excluding hydrogens is 316 g/mol. The zero-order chi connectivity index (χ0) is 17.8. The standard InChI is InChI=1S/C21H25O4/c1-21-11-17(25-2)20-14-5-3-12(10-19(23)24)9-13(14)4-6-15(20)16(21)7-8-18(21)22/h3,5,8-9,15-17,20H,4,6-7,10-11H2,1-2H3,(H,23,24)/t15-,16-,17-,20+,21-/m0/s1. The average Bonchev–Trinajstić information content (AvgIpc) is 2.88. The van der Waals surface area contributed by atoms with Gasteiger partial charge in [0.2, 0.25) is 0 Å². The molecule has 0 heterocycles. The molecule has 0 saturated heterocycles. The monoisotopic (exact) mass is 341 g/mol. The first-order chi connectivity index (χ1) is 11.9. The highest BCUT2D eigenvalue weighted by Gasteiger charge is 2.58. The van der Waals surface area contributed by atoms with Gasteiger partial charge in [0.15, 0.2) is 0 Å². The van der Waals surface area contributed by atoms with Gasteiger partial charge in [0.1, 0.15) is 5.78 Å². The molecule has 0 amide bonds. The number of benzene rings is 1. The van der Waals surface area contributed by atoms with Crippen molar-refractivity contribution in [3.8, 4) is 0 Å². The van der Waals surface area contributed by atoms with E-state index in [0.29, 0.717) is 23.5 Å². The fourth-order valence-corrected chi connectivity index (χ4v) is 5.73. The predicted octanol–water partition coefficient (Wildman–Crippen LogP) is 3.18. The van der Waals surface area contributed by atoms with E-state index in [4.69, 9.17) is 9.84 Å². The molecular formula is C21H25O4. The van der Waals surface area contributed by atoms with E-state index in [1.165, 1.54) is 11.1 Å². The fraction of sp³-hybridized carbons (Fsp3) is 0.571. The molecule has 1 N–H and O–H groups in total. The van der Waals surface area contributed by atoms with E-state index in [1.54, 1.807) is 7.11 Å². The second kappa shape index (κ2) is 5.94. The van der Waals surface area contributed by atoms with Crippen LogP contribution in [0.1, 0.15) is 48.8 Å². The lowest BCUT2D eigenvalue weighted by Gasteiger charge is -2.51. The van der Waals surface area contributed by atoms with Crippen LogP contribution in [0, 0.1) is 23.7 Å². The Labute approximate surface area is 148 Å². The van der Waals surface area contributed by atoms with Gasteiger partial charge in [0.05, 0.1) is 12.5 Å². The van der Waals surface area contributed by atoms with E-state index >= 15 is 0 Å². The van der Waals surface area contributed by atoms with Gasteiger partial charge in [0.25, 0.3) is 0 Å². The Kier molecular flexibility index (Phi) is 3.99. The second-order valence-corrected chi connectivity index (χ2v) is 8.14. The van der Waals surface area contributed by atoms with Gasteiger partial charge in [-0.1, -0.05) is 25.1 Å². The highest BCUT2D eigenvalue weighted by molar-refractivity contribution is 5.95. The van der Waals surface area contributed by atoms with Crippen molar-refractivity contribution < 1.29 is 19.4 Å². The largest absolute Gasteiger partial charge is 0.481 e. The van der Waals surface area contributed by atoms with Gasteiger partial charge in [-0.3, -0.25) is 9.59 Å². The van der Waals surface area contributed by atoms with E-state index < -0.39 is 5.97 Å². The molecule has 3 aliphatic rings. The molecule has 5 atom stereocenters. The van der Waals surface area contributed by atoms with Crippen molar-refractivity contribution in [1.29, 1.82) is 0 Å². The summed E-state index contributed by atoms with van der Waals surface area (Å²) in [6.07, 6.45) is 5.69. The number of methoxy groups -OCH3 is 1. The number of hydrogen-bond acceptors (Lipinski definition) is 3. The first-order valence-corrected chi connectivity index (χ1v) is 9.18. The molecule has 1 aromatic carbocycles. The van der Waals surface area contributed by atoms with Gasteiger partial charge in [-0.15, -0.1) is 0 Å². The summed E-state index contributed by atoms with van der Waals surface area (Å²) in [5.74, 6) is 0.676. The summed E-state index contributed by atoms with van der Waals surface area (Å²) in [5, 5.41) is 9.04. The van der Waals surface area contributed by atoms with E-state index in [0.717, 1.165) is 31.2 Å². The van der Waals surface area contributed by atoms with Crippen molar-refractivity contribution in [3.05, 3.63) is 41.3 Å². The highest BCUT2D eigenvalue weighted by atomic mass is 16.5. The van der Waals surface area contributed by atoms with Crippen LogP contribution in [0.4, 0.5) is 0 Å². The molecule has 0 bridgehead atoms. The zero-order valence-corrected chi connectivity index (χ0v) is 14.8. The van der Waals surface area contributed by atoms with Crippen LogP contribution >= 0.6 is 0 Å². The minimum Gasteiger partial charge on any atom is -0.481 e. The number of aliphatic carboxylic acids is 1. The van der Waals surface area contributed by atoms with Crippen LogP contribution < -0.4 is 0 Å². The fourth-order valence-electron chi connectivity index (χ4n) is 5.73. The Morgan fingerprint density at radius 1 is 1.40 bits per heavy atom. The molecule has 0 aliphatic heterocycles. The van der Waals surface area contributed by atoms with E-state index in [-0.39, 0.29) is 17.9 Å². The summed E-state index contributed by atoms with van der Waals surface area (Å²) in [6, 6.07) is 6.12. The molecule has 0 unspecified atom stereocenters. The summed E-state index contributed by atoms with van der Waals surface area (Å²) in [4.78, 5) is 23.5. The smallest absolute Gasteiger partial charge is 0.307 e. The third kappa shape index (κ3) is 2.53. The number of carbonyl (C=O) groups excluding carboxylic acids is 1. The van der Waals surface area contributed by atoms with Gasteiger partial charge in [-0.05, 0) is 54.2 Å². The number of carboxylic acids is 1. The normalized spacial score (nSPS) is 36.5. The summed E-state index contributed by atoms with van der Waals surface area (Å²) in [7, 11) is 1.75. The van der Waals surface area contributed by atoms with Crippen LogP contribution in [0.3, 0.4) is 0 Å². The molecule has 0 spiro atoms. The maximum Gasteiger partial charge on any atom is 0.307 e. The zero-order valence-electron chi connectivity index (χ0n) is 14.8. The highest BCUT2D eigenvalue weighted by Crippen LogP contribution is 2.59. The van der Waals surface area contributed by atoms with Gasteiger partial charge >= 0.3 is 5.97 Å². The minimum atomic E-state index is -0.795. The van der Waals surface area contributed by atoms with Crippen LogP contribution in [0.2, 0.25) is 0 Å². The molecule has 1 radical (unpaired) electrons. The lowest BCUT2D eigenvalue weighted by molar-refractivity contribution is -0.136. The number of aryl methyl sites for hydroxylation is 1. The van der Waals surface area contributed by atoms with Crippen LogP contribution in [0.15, 0.2) is 18.2 Å². The Morgan fingerprint density at radius 3 is 2.92 bits per heavy atom. The Balaban J connectivity index is 1.72. The van der Waals surface area contributed by atoms with Gasteiger partial charge < -0.3 is 9.84 Å². The van der Waals surface area contributed by atoms with Crippen molar-refractivity contribution in [1.82, 2.24) is 0 Å². The summed E-state index contributed by atoms with van der Waals surface area (Å²) in [6.45, 7) is 2.12. The lowest BCUT2D eigenvalue weighted by Crippen LogP contribution is -2.49. The number of hydrogen-bond donors (Lipinski definition) is 1. The number of Topliss-reactive ketones (excluding diaryl/α,β-unsaturated/α-hetero) is 1. The minimum absolute atomic E-state index is 0.0473. The molecule has 4 heteroatoms. The molecule has 4 nitrogen and oxygen atoms in total. The van der Waals surface area contributed by atoms with Gasteiger partial charge in [-0.2, -0.15) is 0 Å². The Morgan fingerprint density at radius 2 is 2.20 bits per heavy atom. The van der Waals surface area contributed by atoms with Crippen molar-refractivity contribution in [2.24, 2.45) is 17.3 Å². The summed E-state index contributed by atoms with van der Waals surface area (Å²) < 4.78 is 5.87. The third-order valence-corrected chi connectivity index (χ3v) is 6.91. The molecule has 133 valence electrons. The summed E-state index contributed by atoms with van der Waals surface area (Å²) in [5.41, 5.74) is 3.16. The van der Waals surface area contributed by atoms with E-state index in [9.17, 15) is 9.59 Å². The Hall–Kier alpha value is -1.68. The first kappa shape index (κ1) is 16.8. The molecule has 4 rings (SSSR count). The number of fused-ring (bicyclic) bond motifs is 5. The Bertz CT molecular complexity index is 725. The maximum absolute atomic E-state index is 12.5. The van der Waals surface area contributed by atoms with E-state index in [2.05, 4.69) is 19.1 Å². The average molecular weight is 341 g/mol. The van der Waals surface area contributed by atoms with Crippen LogP contribution in [0.25, 0.3) is 0 Å². The number of ether oxygens (including phenoxy) is 1. The molecule has 2 fully saturated rings. The van der Waals surface area contributed by atoms with Crippen molar-refractivity contribution in [2.75, 3.05) is 7.11 Å². The number of rotatable bonds is 3. The lowest BCUT2D eigenvalue weighted by atomic mass is 9.54.